The molecule has 0 aliphatic carbocycles. The molecule has 1 fully saturated rings. The van der Waals surface area contributed by atoms with Crippen molar-refractivity contribution in [3.63, 3.8) is 0 Å². The number of hydrogen-bond donors (Lipinski definition) is 2. The van der Waals surface area contributed by atoms with Crippen LogP contribution in [-0.2, 0) is 4.79 Å². The minimum atomic E-state index is -0.977. The Morgan fingerprint density at radius 2 is 1.81 bits per heavy atom. The van der Waals surface area contributed by atoms with E-state index in [0.29, 0.717) is 19.3 Å². The van der Waals surface area contributed by atoms with E-state index in [1.165, 1.54) is 4.90 Å². The molecular formula is C11H17NO4. The van der Waals surface area contributed by atoms with Gasteiger partial charge in [0.05, 0.1) is 5.41 Å². The summed E-state index contributed by atoms with van der Waals surface area (Å²) in [5, 5.41) is 18.0. The summed E-state index contributed by atoms with van der Waals surface area (Å²) in [4.78, 5) is 23.3. The van der Waals surface area contributed by atoms with Gasteiger partial charge in [0.1, 0.15) is 0 Å². The number of allylic oxidation sites excluding steroid dienone is 1. The van der Waals surface area contributed by atoms with Crippen molar-refractivity contribution in [3.05, 3.63) is 12.2 Å². The molecule has 0 saturated carbocycles. The van der Waals surface area contributed by atoms with Crippen molar-refractivity contribution in [1.82, 2.24) is 4.90 Å². The minimum absolute atomic E-state index is 0.287. The zero-order valence-electron chi connectivity index (χ0n) is 9.40. The molecule has 1 aliphatic rings. The summed E-state index contributed by atoms with van der Waals surface area (Å²) in [7, 11) is 0. The van der Waals surface area contributed by atoms with Crippen LogP contribution in [0, 0.1) is 5.41 Å². The monoisotopic (exact) mass is 227 g/mol. The smallest absolute Gasteiger partial charge is 0.407 e. The molecule has 2 N–H and O–H groups in total. The van der Waals surface area contributed by atoms with Crippen LogP contribution in [0.3, 0.4) is 0 Å². The van der Waals surface area contributed by atoms with Crippen molar-refractivity contribution in [2.45, 2.75) is 26.2 Å². The van der Waals surface area contributed by atoms with Crippen LogP contribution in [-0.4, -0.2) is 40.3 Å². The molecule has 0 unspecified atom stereocenters. The zero-order chi connectivity index (χ0) is 12.3. The molecular weight excluding hydrogens is 210 g/mol. The Labute approximate surface area is 94.4 Å². The van der Waals surface area contributed by atoms with Crippen molar-refractivity contribution in [1.29, 1.82) is 0 Å². The highest BCUT2D eigenvalue weighted by Gasteiger charge is 2.42. The summed E-state index contributed by atoms with van der Waals surface area (Å²) in [6.45, 7) is 6.11. The molecule has 0 radical (unpaired) electrons. The lowest BCUT2D eigenvalue weighted by atomic mass is 9.74. The summed E-state index contributed by atoms with van der Waals surface area (Å²) >= 11 is 0. The molecule has 0 spiro atoms. The third-order valence-corrected chi connectivity index (χ3v) is 3.08. The lowest BCUT2D eigenvalue weighted by Gasteiger charge is -2.37. The van der Waals surface area contributed by atoms with Crippen LogP contribution >= 0.6 is 0 Å². The van der Waals surface area contributed by atoms with Crippen LogP contribution in [0.15, 0.2) is 12.2 Å². The highest BCUT2D eigenvalue weighted by atomic mass is 16.4. The van der Waals surface area contributed by atoms with E-state index in [0.717, 1.165) is 5.57 Å². The SMILES string of the molecule is C=C(C)CC1(C(=O)O)CCN(C(=O)O)CC1. The number of piperidine rings is 1. The quantitative estimate of drug-likeness (QED) is 0.720. The lowest BCUT2D eigenvalue weighted by molar-refractivity contribution is -0.151. The Balaban J connectivity index is 2.73. The third-order valence-electron chi connectivity index (χ3n) is 3.08. The lowest BCUT2D eigenvalue weighted by Crippen LogP contribution is -2.46. The molecule has 1 saturated heterocycles. The molecule has 5 heteroatoms. The second-order valence-corrected chi connectivity index (χ2v) is 4.49. The highest BCUT2D eigenvalue weighted by molar-refractivity contribution is 5.76. The Morgan fingerprint density at radius 1 is 1.31 bits per heavy atom. The first kappa shape index (κ1) is 12.5. The number of hydrogen-bond acceptors (Lipinski definition) is 2. The van der Waals surface area contributed by atoms with Crippen molar-refractivity contribution >= 4 is 12.1 Å². The fraction of sp³-hybridized carbons (Fsp3) is 0.636. The zero-order valence-corrected chi connectivity index (χ0v) is 9.40. The van der Waals surface area contributed by atoms with Gasteiger partial charge in [-0.05, 0) is 26.2 Å². The summed E-state index contributed by atoms with van der Waals surface area (Å²) in [5.74, 6) is -0.847. The number of carboxylic acids is 1. The Morgan fingerprint density at radius 3 is 2.12 bits per heavy atom. The Hall–Kier alpha value is -1.52. The van der Waals surface area contributed by atoms with E-state index < -0.39 is 17.5 Å². The normalized spacial score (nSPS) is 19.2. The minimum Gasteiger partial charge on any atom is -0.481 e. The first-order chi connectivity index (χ1) is 7.37. The Kier molecular flexibility index (Phi) is 3.57. The fourth-order valence-electron chi connectivity index (χ4n) is 2.17. The topological polar surface area (TPSA) is 77.8 Å². The van der Waals surface area contributed by atoms with Gasteiger partial charge in [-0.3, -0.25) is 4.79 Å². The van der Waals surface area contributed by atoms with Crippen molar-refractivity contribution in [2.24, 2.45) is 5.41 Å². The third kappa shape index (κ3) is 2.53. The van der Waals surface area contributed by atoms with Gasteiger partial charge in [0.25, 0.3) is 0 Å². The van der Waals surface area contributed by atoms with E-state index in [9.17, 15) is 14.7 Å². The van der Waals surface area contributed by atoms with E-state index in [4.69, 9.17) is 5.11 Å². The standard InChI is InChI=1S/C11H17NO4/c1-8(2)7-11(9(13)14)3-5-12(6-4-11)10(15)16/h1,3-7H2,2H3,(H,13,14)(H,15,16). The Bertz CT molecular complexity index is 316. The van der Waals surface area contributed by atoms with E-state index in [2.05, 4.69) is 6.58 Å². The van der Waals surface area contributed by atoms with Gasteiger partial charge in [-0.25, -0.2) is 4.79 Å². The van der Waals surface area contributed by atoms with Gasteiger partial charge < -0.3 is 15.1 Å². The number of likely N-dealkylation sites (tertiary alicyclic amines) is 1. The van der Waals surface area contributed by atoms with Crippen LogP contribution in [0.1, 0.15) is 26.2 Å². The molecule has 0 atom stereocenters. The molecule has 1 heterocycles. The molecule has 0 aromatic rings. The van der Waals surface area contributed by atoms with E-state index in [1.54, 1.807) is 6.92 Å². The van der Waals surface area contributed by atoms with E-state index in [1.807, 2.05) is 0 Å². The first-order valence-electron chi connectivity index (χ1n) is 5.23. The van der Waals surface area contributed by atoms with Crippen LogP contribution in [0.2, 0.25) is 0 Å². The molecule has 1 amide bonds. The van der Waals surface area contributed by atoms with Gasteiger partial charge in [-0.1, -0.05) is 5.57 Å². The second-order valence-electron chi connectivity index (χ2n) is 4.49. The van der Waals surface area contributed by atoms with Crippen molar-refractivity contribution in [3.8, 4) is 0 Å². The second kappa shape index (κ2) is 4.55. The molecule has 0 bridgehead atoms. The molecule has 90 valence electrons. The van der Waals surface area contributed by atoms with Crippen LogP contribution in [0.25, 0.3) is 0 Å². The average Bonchev–Trinajstić information content (AvgIpc) is 2.17. The molecule has 1 aliphatic heterocycles. The molecule has 0 aromatic heterocycles. The number of aliphatic carboxylic acids is 1. The van der Waals surface area contributed by atoms with Gasteiger partial charge >= 0.3 is 12.1 Å². The number of rotatable bonds is 3. The summed E-state index contributed by atoms with van der Waals surface area (Å²) in [5.41, 5.74) is 0.00352. The van der Waals surface area contributed by atoms with Gasteiger partial charge in [-0.2, -0.15) is 0 Å². The summed E-state index contributed by atoms with van der Waals surface area (Å²) < 4.78 is 0. The summed E-state index contributed by atoms with van der Waals surface area (Å²) in [6.07, 6.45) is 0.174. The van der Waals surface area contributed by atoms with Gasteiger partial charge in [0.15, 0.2) is 0 Å². The molecule has 1 rings (SSSR count). The predicted molar refractivity (Wildman–Crippen MR) is 58.3 cm³/mol. The highest BCUT2D eigenvalue weighted by Crippen LogP contribution is 2.37. The van der Waals surface area contributed by atoms with Gasteiger partial charge in [0.2, 0.25) is 0 Å². The van der Waals surface area contributed by atoms with E-state index in [-0.39, 0.29) is 13.1 Å². The van der Waals surface area contributed by atoms with Gasteiger partial charge in [-0.15, -0.1) is 6.58 Å². The molecule has 0 aromatic carbocycles. The van der Waals surface area contributed by atoms with Crippen molar-refractivity contribution < 1.29 is 19.8 Å². The summed E-state index contributed by atoms with van der Waals surface area (Å²) in [6, 6.07) is 0. The maximum Gasteiger partial charge on any atom is 0.407 e. The average molecular weight is 227 g/mol. The number of nitrogens with zero attached hydrogens (tertiary/aromatic N) is 1. The van der Waals surface area contributed by atoms with E-state index >= 15 is 0 Å². The van der Waals surface area contributed by atoms with Crippen LogP contribution in [0.5, 0.6) is 0 Å². The predicted octanol–water partition coefficient (Wildman–Crippen LogP) is 1.80. The largest absolute Gasteiger partial charge is 0.481 e. The van der Waals surface area contributed by atoms with Crippen molar-refractivity contribution in [2.75, 3.05) is 13.1 Å². The number of carboxylic acid groups (broad SMARTS) is 2. The number of carbonyl (C=O) groups is 2. The van der Waals surface area contributed by atoms with Crippen LogP contribution in [0.4, 0.5) is 4.79 Å². The first-order valence-corrected chi connectivity index (χ1v) is 5.23. The molecule has 16 heavy (non-hydrogen) atoms. The fourth-order valence-corrected chi connectivity index (χ4v) is 2.17. The maximum atomic E-state index is 11.3. The number of amides is 1. The maximum absolute atomic E-state index is 11.3. The van der Waals surface area contributed by atoms with Gasteiger partial charge in [0, 0.05) is 13.1 Å². The molecule has 5 nitrogen and oxygen atoms in total. The van der Waals surface area contributed by atoms with Crippen LogP contribution < -0.4 is 0 Å².